The number of aromatic nitrogens is 3. The first-order valence-corrected chi connectivity index (χ1v) is 11.3. The van der Waals surface area contributed by atoms with Crippen molar-refractivity contribution < 1.29 is 28.4 Å². The van der Waals surface area contributed by atoms with Gasteiger partial charge in [-0.05, 0) is 54.7 Å². The van der Waals surface area contributed by atoms with E-state index in [0.29, 0.717) is 5.56 Å². The van der Waals surface area contributed by atoms with Gasteiger partial charge in [-0.2, -0.15) is 4.68 Å². The van der Waals surface area contributed by atoms with Crippen molar-refractivity contribution in [1.82, 2.24) is 14.8 Å². The van der Waals surface area contributed by atoms with Crippen LogP contribution in [0.1, 0.15) is 29.5 Å². The zero-order chi connectivity index (χ0) is 25.3. The molecule has 0 atom stereocenters. The van der Waals surface area contributed by atoms with Gasteiger partial charge in [0, 0.05) is 0 Å². The van der Waals surface area contributed by atoms with E-state index in [1.807, 2.05) is 23.2 Å². The maximum atomic E-state index is 12.1. The Labute approximate surface area is 227 Å². The molecule has 1 amide bonds. The van der Waals surface area contributed by atoms with Crippen LogP contribution in [0.3, 0.4) is 0 Å². The quantitative estimate of drug-likeness (QED) is 0.164. The van der Waals surface area contributed by atoms with Gasteiger partial charge in [0.05, 0.1) is 21.6 Å². The Morgan fingerprint density at radius 3 is 2.42 bits per heavy atom. The molecular formula is C24H19Cl2LiN5O4-. The van der Waals surface area contributed by atoms with E-state index >= 15 is 0 Å². The molecule has 0 aliphatic heterocycles. The zero-order valence-electron chi connectivity index (χ0n) is 19.2. The number of hydrogen-bond acceptors (Lipinski definition) is 6. The molecule has 0 saturated heterocycles. The first kappa shape index (κ1) is 27.4. The molecule has 9 nitrogen and oxygen atoms in total. The molecule has 1 heterocycles. The molecule has 1 aromatic heterocycles. The monoisotopic (exact) mass is 518 g/mol. The molecule has 3 aromatic rings. The maximum absolute atomic E-state index is 12.1. The summed E-state index contributed by atoms with van der Waals surface area (Å²) >= 11 is 12.7. The molecule has 0 bridgehead atoms. The summed E-state index contributed by atoms with van der Waals surface area (Å²) in [6.45, 7) is 6.20. The summed E-state index contributed by atoms with van der Waals surface area (Å²) in [5.74, 6) is -1.62. The fourth-order valence-electron chi connectivity index (χ4n) is 3.85. The number of nitrogens with two attached hydrogens (primary N) is 1. The van der Waals surface area contributed by atoms with Crippen molar-refractivity contribution in [3.05, 3.63) is 102 Å². The SMILES string of the molecule is [CH-]=C(Oc1c(Cl)cc(-n2nc(N)c(=O)[nH]c2=O)cc1Cl)/C(=C\C([NH-])=O)c1ccc2c(c1)CCCC2.[Li+]. The summed E-state index contributed by atoms with van der Waals surface area (Å²) in [6, 6.07) is 8.37. The topological polar surface area (TPSA) is 144 Å². The van der Waals surface area contributed by atoms with Crippen molar-refractivity contribution in [3.8, 4) is 11.4 Å². The Bertz CT molecular complexity index is 1490. The molecule has 0 radical (unpaired) electrons. The second-order valence-corrected chi connectivity index (χ2v) is 8.69. The standard InChI is InChI=1S/C24H20Cl2N5O4.Li/c1-12(17(11-20(27)32)15-7-6-13-4-2-3-5-14(13)8-15)35-21-18(25)9-16(10-19(21)26)31-24(34)29-23(33)22(28)30-31;/h1,6-11H,2-5H2,(H5,27,28,29,30,32,33,34);/q-1;+1/p-1/b17-11+;. The number of aryl methyl sites for hydroxylation is 2. The number of rotatable bonds is 6. The number of aromatic amines is 1. The second kappa shape index (κ2) is 11.2. The summed E-state index contributed by atoms with van der Waals surface area (Å²) in [5.41, 5.74) is 14.6. The van der Waals surface area contributed by atoms with Gasteiger partial charge in [0.15, 0.2) is 5.75 Å². The number of hydrogen-bond donors (Lipinski definition) is 2. The van der Waals surface area contributed by atoms with Crippen molar-refractivity contribution in [2.45, 2.75) is 25.7 Å². The number of H-pyrrole nitrogens is 1. The third-order valence-corrected chi connectivity index (χ3v) is 6.05. The number of ether oxygens (including phenoxy) is 1. The van der Waals surface area contributed by atoms with E-state index in [1.54, 1.807) is 0 Å². The minimum absolute atomic E-state index is 0. The number of amides is 1. The third-order valence-electron chi connectivity index (χ3n) is 5.49. The van der Waals surface area contributed by atoms with E-state index in [4.69, 9.17) is 46.0 Å². The van der Waals surface area contributed by atoms with Crippen molar-refractivity contribution in [3.63, 3.8) is 0 Å². The van der Waals surface area contributed by atoms with Crippen LogP contribution in [0.4, 0.5) is 5.82 Å². The van der Waals surface area contributed by atoms with Gasteiger partial charge in [-0.1, -0.05) is 47.0 Å². The Balaban J connectivity index is 0.00000361. The van der Waals surface area contributed by atoms with E-state index in [1.165, 1.54) is 17.7 Å². The Morgan fingerprint density at radius 2 is 1.78 bits per heavy atom. The number of halogens is 2. The van der Waals surface area contributed by atoms with Gasteiger partial charge in [-0.15, -0.1) is 16.7 Å². The molecule has 1 aliphatic rings. The molecule has 4 rings (SSSR count). The summed E-state index contributed by atoms with van der Waals surface area (Å²) < 4.78 is 6.56. The predicted molar refractivity (Wildman–Crippen MR) is 134 cm³/mol. The fraction of sp³-hybridized carbons (Fsp3) is 0.167. The minimum atomic E-state index is -0.960. The zero-order valence-corrected chi connectivity index (χ0v) is 20.7. The van der Waals surface area contributed by atoms with Crippen LogP contribution in [-0.4, -0.2) is 20.7 Å². The maximum Gasteiger partial charge on any atom is 1.00 e. The van der Waals surface area contributed by atoms with Gasteiger partial charge < -0.3 is 21.0 Å². The van der Waals surface area contributed by atoms with Gasteiger partial charge in [-0.25, -0.2) is 11.4 Å². The summed E-state index contributed by atoms with van der Waals surface area (Å²) in [4.78, 5) is 37.3. The summed E-state index contributed by atoms with van der Waals surface area (Å²) in [7, 11) is 0. The van der Waals surface area contributed by atoms with E-state index < -0.39 is 23.0 Å². The van der Waals surface area contributed by atoms with Crippen LogP contribution in [0, 0.1) is 6.58 Å². The number of anilines is 1. The third kappa shape index (κ3) is 5.77. The first-order valence-electron chi connectivity index (χ1n) is 10.5. The molecule has 4 N–H and O–H groups in total. The predicted octanol–water partition coefficient (Wildman–Crippen LogP) is 1.05. The fourth-order valence-corrected chi connectivity index (χ4v) is 4.40. The van der Waals surface area contributed by atoms with Gasteiger partial charge in [0.25, 0.3) is 5.56 Å². The van der Waals surface area contributed by atoms with E-state index in [0.717, 1.165) is 42.0 Å². The molecule has 12 heteroatoms. The van der Waals surface area contributed by atoms with Gasteiger partial charge in [0.2, 0.25) is 5.82 Å². The van der Waals surface area contributed by atoms with Gasteiger partial charge in [-0.3, -0.25) is 9.78 Å². The number of fused-ring (bicyclic) bond motifs is 1. The van der Waals surface area contributed by atoms with Crippen LogP contribution in [0.25, 0.3) is 17.0 Å². The summed E-state index contributed by atoms with van der Waals surface area (Å²) in [5, 5.41) is 3.67. The van der Waals surface area contributed by atoms with E-state index in [-0.39, 0.29) is 51.7 Å². The van der Waals surface area contributed by atoms with Crippen LogP contribution in [-0.2, 0) is 17.6 Å². The number of carbonyl (C=O) groups excluding carboxylic acids is 1. The van der Waals surface area contributed by atoms with Gasteiger partial charge in [0.1, 0.15) is 0 Å². The smallest absolute Gasteiger partial charge is 0.665 e. The number of nitrogens with zero attached hydrogens (tertiary/aromatic N) is 2. The molecule has 0 unspecified atom stereocenters. The summed E-state index contributed by atoms with van der Waals surface area (Å²) in [6.07, 6.45) is 5.14. The van der Waals surface area contributed by atoms with Crippen molar-refractivity contribution in [2.75, 3.05) is 5.73 Å². The molecule has 180 valence electrons. The molecule has 36 heavy (non-hydrogen) atoms. The number of carbonyl (C=O) groups is 1. The molecule has 2 aromatic carbocycles. The number of benzene rings is 2. The molecular weight excluding hydrogens is 500 g/mol. The van der Waals surface area contributed by atoms with Crippen LogP contribution in [0.5, 0.6) is 5.75 Å². The molecule has 0 spiro atoms. The van der Waals surface area contributed by atoms with E-state index in [2.05, 4.69) is 5.10 Å². The van der Waals surface area contributed by atoms with Gasteiger partial charge >= 0.3 is 24.6 Å². The van der Waals surface area contributed by atoms with Crippen LogP contribution in [0.2, 0.25) is 10.0 Å². The molecule has 0 fully saturated rings. The largest absolute Gasteiger partial charge is 1.00 e. The molecule has 0 saturated carbocycles. The average Bonchev–Trinajstić information content (AvgIpc) is 2.81. The first-order chi connectivity index (χ1) is 16.6. The number of nitrogens with one attached hydrogen (secondary N) is 2. The normalized spacial score (nSPS) is 12.9. The number of nitrogen functional groups attached to an aromatic ring is 1. The Kier molecular flexibility index (Phi) is 8.54. The van der Waals surface area contributed by atoms with Crippen molar-refractivity contribution in [1.29, 1.82) is 0 Å². The Morgan fingerprint density at radius 1 is 1.14 bits per heavy atom. The average molecular weight is 519 g/mol. The van der Waals surface area contributed by atoms with E-state index in [9.17, 15) is 14.4 Å². The molecule has 1 aliphatic carbocycles. The van der Waals surface area contributed by atoms with Crippen LogP contribution < -0.4 is 40.6 Å². The van der Waals surface area contributed by atoms with Crippen LogP contribution in [0.15, 0.2) is 51.8 Å². The minimum Gasteiger partial charge on any atom is -0.665 e. The second-order valence-electron chi connectivity index (χ2n) is 7.87. The Hall–Kier alpha value is -3.22. The van der Waals surface area contributed by atoms with Crippen LogP contribution >= 0.6 is 23.2 Å². The van der Waals surface area contributed by atoms with Crippen molar-refractivity contribution >= 4 is 40.5 Å². The number of allylic oxidation sites excluding steroid dienone is 1. The van der Waals surface area contributed by atoms with Crippen molar-refractivity contribution in [2.24, 2.45) is 0 Å².